The van der Waals surface area contributed by atoms with E-state index in [1.807, 2.05) is 36.4 Å². The van der Waals surface area contributed by atoms with Crippen LogP contribution in [0.4, 0.5) is 4.79 Å². The second kappa shape index (κ2) is 7.03. The molecule has 0 fully saturated rings. The number of hydrogen-bond acceptors (Lipinski definition) is 4. The Balaban J connectivity index is 1.27. The van der Waals surface area contributed by atoms with E-state index in [1.54, 1.807) is 11.3 Å². The fourth-order valence-electron chi connectivity index (χ4n) is 2.78. The molecule has 2 N–H and O–H groups in total. The maximum Gasteiger partial charge on any atom is 0.315 e. The molecule has 0 aliphatic carbocycles. The van der Waals surface area contributed by atoms with E-state index < -0.39 is 0 Å². The van der Waals surface area contributed by atoms with Gasteiger partial charge in [-0.15, -0.1) is 11.3 Å². The van der Waals surface area contributed by atoms with Crippen molar-refractivity contribution >= 4 is 27.5 Å². The number of amides is 2. The maximum absolute atomic E-state index is 12.0. The SMILES string of the molecule is O=C(NCc1csc2ccccc12)NC[C@@H]1COc2ccccc2O1. The Kier molecular flexibility index (Phi) is 4.43. The second-order valence-electron chi connectivity index (χ2n) is 5.82. The Morgan fingerprint density at radius 1 is 1.08 bits per heavy atom. The Morgan fingerprint density at radius 3 is 2.80 bits per heavy atom. The number of urea groups is 1. The first-order valence-corrected chi connectivity index (χ1v) is 9.03. The number of para-hydroxylation sites is 2. The fraction of sp³-hybridized carbons (Fsp3) is 0.211. The van der Waals surface area contributed by atoms with Crippen molar-refractivity contribution < 1.29 is 14.3 Å². The van der Waals surface area contributed by atoms with Gasteiger partial charge in [-0.3, -0.25) is 0 Å². The molecule has 0 spiro atoms. The highest BCUT2D eigenvalue weighted by Crippen LogP contribution is 2.30. The van der Waals surface area contributed by atoms with Gasteiger partial charge in [-0.05, 0) is 34.5 Å². The van der Waals surface area contributed by atoms with Crippen molar-refractivity contribution in [2.75, 3.05) is 13.2 Å². The molecule has 3 aromatic rings. The first-order chi connectivity index (χ1) is 12.3. The molecule has 25 heavy (non-hydrogen) atoms. The van der Waals surface area contributed by atoms with E-state index in [0.717, 1.165) is 11.3 Å². The molecule has 5 nitrogen and oxygen atoms in total. The first kappa shape index (κ1) is 15.8. The zero-order chi connectivity index (χ0) is 17.1. The van der Waals surface area contributed by atoms with Crippen molar-refractivity contribution in [3.05, 3.63) is 59.5 Å². The van der Waals surface area contributed by atoms with E-state index in [9.17, 15) is 4.79 Å². The second-order valence-corrected chi connectivity index (χ2v) is 6.73. The van der Waals surface area contributed by atoms with Gasteiger partial charge in [-0.2, -0.15) is 0 Å². The molecule has 2 aromatic carbocycles. The zero-order valence-electron chi connectivity index (χ0n) is 13.5. The van der Waals surface area contributed by atoms with Crippen LogP contribution >= 0.6 is 11.3 Å². The van der Waals surface area contributed by atoms with Crippen LogP contribution in [-0.4, -0.2) is 25.3 Å². The average molecular weight is 354 g/mol. The lowest BCUT2D eigenvalue weighted by Gasteiger charge is -2.26. The predicted octanol–water partition coefficient (Wildman–Crippen LogP) is 3.54. The van der Waals surface area contributed by atoms with Crippen LogP contribution in [0.3, 0.4) is 0 Å². The number of nitrogens with one attached hydrogen (secondary N) is 2. The smallest absolute Gasteiger partial charge is 0.315 e. The predicted molar refractivity (Wildman–Crippen MR) is 98.4 cm³/mol. The normalized spacial score (nSPS) is 15.8. The lowest BCUT2D eigenvalue weighted by Crippen LogP contribution is -2.44. The molecule has 0 saturated carbocycles. The molecule has 2 heterocycles. The van der Waals surface area contributed by atoms with Gasteiger partial charge in [-0.25, -0.2) is 4.79 Å². The van der Waals surface area contributed by atoms with Crippen molar-refractivity contribution in [2.45, 2.75) is 12.6 Å². The molecule has 1 aromatic heterocycles. The molecule has 1 aliphatic heterocycles. The number of ether oxygens (including phenoxy) is 2. The summed E-state index contributed by atoms with van der Waals surface area (Å²) in [5.74, 6) is 1.46. The van der Waals surface area contributed by atoms with E-state index in [0.29, 0.717) is 25.4 Å². The molecule has 2 amide bonds. The first-order valence-electron chi connectivity index (χ1n) is 8.15. The van der Waals surface area contributed by atoms with Crippen LogP contribution in [0.25, 0.3) is 10.1 Å². The zero-order valence-corrected chi connectivity index (χ0v) is 14.3. The topological polar surface area (TPSA) is 59.6 Å². The summed E-state index contributed by atoms with van der Waals surface area (Å²) in [6, 6.07) is 15.5. The van der Waals surface area contributed by atoms with Crippen LogP contribution in [-0.2, 0) is 6.54 Å². The fourth-order valence-corrected chi connectivity index (χ4v) is 3.74. The van der Waals surface area contributed by atoms with Gasteiger partial charge in [0.25, 0.3) is 0 Å². The molecule has 1 atom stereocenters. The average Bonchev–Trinajstić information content (AvgIpc) is 3.08. The number of carbonyl (C=O) groups excluding carboxylic acids is 1. The Morgan fingerprint density at radius 2 is 1.88 bits per heavy atom. The monoisotopic (exact) mass is 354 g/mol. The van der Waals surface area contributed by atoms with Crippen molar-refractivity contribution in [2.24, 2.45) is 0 Å². The molecule has 1 aliphatic rings. The minimum atomic E-state index is -0.210. The van der Waals surface area contributed by atoms with Crippen molar-refractivity contribution in [3.8, 4) is 11.5 Å². The van der Waals surface area contributed by atoms with E-state index in [4.69, 9.17) is 9.47 Å². The number of benzene rings is 2. The van der Waals surface area contributed by atoms with Gasteiger partial charge in [-0.1, -0.05) is 30.3 Å². The Hall–Kier alpha value is -2.73. The number of thiophene rings is 1. The summed E-state index contributed by atoms with van der Waals surface area (Å²) in [7, 11) is 0. The van der Waals surface area contributed by atoms with Crippen molar-refractivity contribution in [1.29, 1.82) is 0 Å². The van der Waals surface area contributed by atoms with Gasteiger partial charge in [0.1, 0.15) is 6.61 Å². The summed E-state index contributed by atoms with van der Waals surface area (Å²) < 4.78 is 12.7. The standard InChI is InChI=1S/C19H18N2O3S/c22-19(20-9-13-12-25-18-8-4-1-5-15(13)18)21-10-14-11-23-16-6-2-3-7-17(16)24-14/h1-8,12,14H,9-11H2,(H2,20,21,22)/t14-/m1/s1. The molecular weight excluding hydrogens is 336 g/mol. The van der Waals surface area contributed by atoms with Gasteiger partial charge in [0, 0.05) is 11.2 Å². The van der Waals surface area contributed by atoms with Gasteiger partial charge in [0.2, 0.25) is 0 Å². The van der Waals surface area contributed by atoms with Crippen LogP contribution in [0.15, 0.2) is 53.9 Å². The lowest BCUT2D eigenvalue weighted by atomic mass is 10.2. The van der Waals surface area contributed by atoms with E-state index >= 15 is 0 Å². The molecular formula is C19H18N2O3S. The Bertz CT molecular complexity index is 893. The van der Waals surface area contributed by atoms with E-state index in [2.05, 4.69) is 28.1 Å². The number of carbonyl (C=O) groups is 1. The number of rotatable bonds is 4. The molecule has 128 valence electrons. The van der Waals surface area contributed by atoms with Gasteiger partial charge >= 0.3 is 6.03 Å². The van der Waals surface area contributed by atoms with Crippen LogP contribution in [0.5, 0.6) is 11.5 Å². The molecule has 0 unspecified atom stereocenters. The highest BCUT2D eigenvalue weighted by atomic mass is 32.1. The van der Waals surface area contributed by atoms with E-state index in [-0.39, 0.29) is 12.1 Å². The third-order valence-electron chi connectivity index (χ3n) is 4.06. The molecule has 6 heteroatoms. The number of fused-ring (bicyclic) bond motifs is 2. The summed E-state index contributed by atoms with van der Waals surface area (Å²) in [6.07, 6.45) is -0.192. The largest absolute Gasteiger partial charge is 0.486 e. The van der Waals surface area contributed by atoms with E-state index in [1.165, 1.54) is 10.1 Å². The summed E-state index contributed by atoms with van der Waals surface area (Å²) in [5.41, 5.74) is 1.13. The highest BCUT2D eigenvalue weighted by Gasteiger charge is 2.20. The minimum absolute atomic E-state index is 0.192. The third kappa shape index (κ3) is 3.53. The van der Waals surface area contributed by atoms with Crippen molar-refractivity contribution in [1.82, 2.24) is 10.6 Å². The molecule has 0 bridgehead atoms. The molecule has 0 radical (unpaired) electrons. The minimum Gasteiger partial charge on any atom is -0.486 e. The summed E-state index contributed by atoms with van der Waals surface area (Å²) in [6.45, 7) is 1.32. The summed E-state index contributed by atoms with van der Waals surface area (Å²) in [4.78, 5) is 12.0. The molecule has 4 rings (SSSR count). The Labute approximate surface area is 149 Å². The number of hydrogen-bond donors (Lipinski definition) is 2. The highest BCUT2D eigenvalue weighted by molar-refractivity contribution is 7.17. The van der Waals surface area contributed by atoms with Crippen LogP contribution in [0, 0.1) is 0 Å². The van der Waals surface area contributed by atoms with Gasteiger partial charge < -0.3 is 20.1 Å². The third-order valence-corrected chi connectivity index (χ3v) is 5.07. The van der Waals surface area contributed by atoms with Crippen LogP contribution < -0.4 is 20.1 Å². The van der Waals surface area contributed by atoms with Crippen LogP contribution in [0.2, 0.25) is 0 Å². The van der Waals surface area contributed by atoms with Crippen molar-refractivity contribution in [3.63, 3.8) is 0 Å². The summed E-state index contributed by atoms with van der Waals surface area (Å²) >= 11 is 1.69. The van der Waals surface area contributed by atoms with Gasteiger partial charge in [0.05, 0.1) is 6.54 Å². The van der Waals surface area contributed by atoms with Gasteiger partial charge in [0.15, 0.2) is 17.6 Å². The summed E-state index contributed by atoms with van der Waals surface area (Å²) in [5, 5.41) is 9.01. The lowest BCUT2D eigenvalue weighted by molar-refractivity contribution is 0.0918. The molecule has 0 saturated heterocycles. The van der Waals surface area contributed by atoms with Crippen LogP contribution in [0.1, 0.15) is 5.56 Å². The maximum atomic E-state index is 12.0. The quantitative estimate of drug-likeness (QED) is 0.753.